The number of halogens is 3. The van der Waals surface area contributed by atoms with Crippen LogP contribution in [0.15, 0.2) is 34.8 Å². The fourth-order valence-electron chi connectivity index (χ4n) is 1.74. The van der Waals surface area contributed by atoms with E-state index in [1.54, 1.807) is 12.1 Å². The Morgan fingerprint density at radius 1 is 1.15 bits per heavy atom. The maximum Gasteiger partial charge on any atom is 0.147 e. The average Bonchev–Trinajstić information content (AvgIpc) is 2.35. The van der Waals surface area contributed by atoms with Crippen molar-refractivity contribution in [3.05, 3.63) is 57.6 Å². The quantitative estimate of drug-likeness (QED) is 0.631. The van der Waals surface area contributed by atoms with Crippen LogP contribution in [0, 0.1) is 18.6 Å². The molecule has 0 unspecified atom stereocenters. The number of anilines is 2. The highest BCUT2D eigenvalue weighted by Gasteiger charge is 2.11. The molecular formula is C14H11BrF2N2S. The number of hydrogen-bond donors (Lipinski definition) is 2. The number of benzene rings is 2. The van der Waals surface area contributed by atoms with Gasteiger partial charge in [-0.2, -0.15) is 0 Å². The van der Waals surface area contributed by atoms with Gasteiger partial charge in [-0.1, -0.05) is 18.3 Å². The van der Waals surface area contributed by atoms with Crippen molar-refractivity contribution in [2.24, 2.45) is 5.73 Å². The molecule has 0 aliphatic carbocycles. The molecule has 0 bridgehead atoms. The summed E-state index contributed by atoms with van der Waals surface area (Å²) in [6, 6.07) is 7.50. The molecule has 104 valence electrons. The van der Waals surface area contributed by atoms with Gasteiger partial charge in [0, 0.05) is 17.3 Å². The molecule has 2 aromatic rings. The zero-order valence-electron chi connectivity index (χ0n) is 10.5. The van der Waals surface area contributed by atoms with E-state index in [1.165, 1.54) is 0 Å². The maximum atomic E-state index is 13.8. The van der Waals surface area contributed by atoms with E-state index in [1.807, 2.05) is 13.0 Å². The van der Waals surface area contributed by atoms with E-state index in [9.17, 15) is 8.78 Å². The van der Waals surface area contributed by atoms with Crippen LogP contribution in [0.4, 0.5) is 20.2 Å². The molecule has 2 aromatic carbocycles. The van der Waals surface area contributed by atoms with Crippen molar-refractivity contribution in [3.8, 4) is 0 Å². The van der Waals surface area contributed by atoms with E-state index in [4.69, 9.17) is 18.0 Å². The molecule has 0 spiro atoms. The summed E-state index contributed by atoms with van der Waals surface area (Å²) in [7, 11) is 0. The third-order valence-corrected chi connectivity index (χ3v) is 3.55. The van der Waals surface area contributed by atoms with Crippen LogP contribution in [-0.4, -0.2) is 4.99 Å². The molecule has 0 heterocycles. The highest BCUT2D eigenvalue weighted by molar-refractivity contribution is 9.10. The van der Waals surface area contributed by atoms with Crippen molar-refractivity contribution in [1.29, 1.82) is 0 Å². The van der Waals surface area contributed by atoms with Gasteiger partial charge in [0.1, 0.15) is 16.6 Å². The Balaban J connectivity index is 2.47. The lowest BCUT2D eigenvalue weighted by Gasteiger charge is -2.13. The van der Waals surface area contributed by atoms with Crippen LogP contribution in [0.5, 0.6) is 0 Å². The Labute approximate surface area is 129 Å². The number of nitrogens with one attached hydrogen (secondary N) is 1. The smallest absolute Gasteiger partial charge is 0.147 e. The van der Waals surface area contributed by atoms with Crippen LogP contribution >= 0.6 is 28.1 Å². The van der Waals surface area contributed by atoms with Crippen LogP contribution in [-0.2, 0) is 0 Å². The minimum Gasteiger partial charge on any atom is -0.389 e. The summed E-state index contributed by atoms with van der Waals surface area (Å²) in [6.45, 7) is 1.88. The molecule has 3 N–H and O–H groups in total. The topological polar surface area (TPSA) is 38.0 Å². The molecule has 0 saturated carbocycles. The molecule has 0 radical (unpaired) electrons. The van der Waals surface area contributed by atoms with Crippen molar-refractivity contribution < 1.29 is 8.78 Å². The summed E-state index contributed by atoms with van der Waals surface area (Å²) in [6.07, 6.45) is 0. The second-order valence-electron chi connectivity index (χ2n) is 4.28. The Morgan fingerprint density at radius 3 is 2.50 bits per heavy atom. The Bertz CT molecular complexity index is 689. The number of aryl methyl sites for hydroxylation is 1. The largest absolute Gasteiger partial charge is 0.389 e. The van der Waals surface area contributed by atoms with Gasteiger partial charge in [-0.3, -0.25) is 0 Å². The van der Waals surface area contributed by atoms with Crippen LogP contribution in [0.25, 0.3) is 0 Å². The van der Waals surface area contributed by atoms with E-state index >= 15 is 0 Å². The van der Waals surface area contributed by atoms with Gasteiger partial charge < -0.3 is 11.1 Å². The summed E-state index contributed by atoms with van der Waals surface area (Å²) in [5, 5.41) is 2.83. The Hall–Kier alpha value is -1.53. The Morgan fingerprint density at radius 2 is 1.85 bits per heavy atom. The fourth-order valence-corrected chi connectivity index (χ4v) is 2.23. The first kappa shape index (κ1) is 14.9. The molecule has 0 saturated heterocycles. The van der Waals surface area contributed by atoms with Crippen LogP contribution < -0.4 is 11.1 Å². The number of hydrogen-bond acceptors (Lipinski definition) is 2. The van der Waals surface area contributed by atoms with E-state index in [2.05, 4.69) is 21.2 Å². The van der Waals surface area contributed by atoms with Crippen LogP contribution in [0.1, 0.15) is 11.1 Å². The van der Waals surface area contributed by atoms with Crippen molar-refractivity contribution in [3.63, 3.8) is 0 Å². The lowest BCUT2D eigenvalue weighted by atomic mass is 10.1. The first-order chi connectivity index (χ1) is 9.38. The van der Waals surface area contributed by atoms with Gasteiger partial charge in [0.25, 0.3) is 0 Å². The fraction of sp³-hybridized carbons (Fsp3) is 0.0714. The highest BCUT2D eigenvalue weighted by atomic mass is 79.9. The molecule has 0 fully saturated rings. The molecule has 0 aliphatic rings. The van der Waals surface area contributed by atoms with Crippen molar-refractivity contribution in [2.75, 3.05) is 5.32 Å². The van der Waals surface area contributed by atoms with Gasteiger partial charge in [0.15, 0.2) is 0 Å². The summed E-state index contributed by atoms with van der Waals surface area (Å²) in [5.74, 6) is -1.13. The van der Waals surface area contributed by atoms with Gasteiger partial charge in [-0.05, 0) is 46.6 Å². The third-order valence-electron chi connectivity index (χ3n) is 2.72. The van der Waals surface area contributed by atoms with Gasteiger partial charge >= 0.3 is 0 Å². The third kappa shape index (κ3) is 3.13. The standard InChI is InChI=1S/C14H11BrF2N2S/c1-7-2-3-8(14(18)20)12(4-7)19-13-6-10(16)9(15)5-11(13)17/h2-6,19H,1H3,(H2,18,20). The lowest BCUT2D eigenvalue weighted by molar-refractivity contribution is 0.598. The summed E-state index contributed by atoms with van der Waals surface area (Å²) in [4.78, 5) is 0.186. The van der Waals surface area contributed by atoms with E-state index in [0.29, 0.717) is 11.3 Å². The molecular weight excluding hydrogens is 346 g/mol. The van der Waals surface area contributed by atoms with E-state index in [0.717, 1.165) is 17.7 Å². The van der Waals surface area contributed by atoms with Crippen molar-refractivity contribution in [1.82, 2.24) is 0 Å². The summed E-state index contributed by atoms with van der Waals surface area (Å²) in [5.41, 5.74) is 7.72. The van der Waals surface area contributed by atoms with Crippen molar-refractivity contribution in [2.45, 2.75) is 6.92 Å². The molecule has 0 atom stereocenters. The van der Waals surface area contributed by atoms with Gasteiger partial charge in [-0.25, -0.2) is 8.78 Å². The predicted molar refractivity (Wildman–Crippen MR) is 84.4 cm³/mol. The summed E-state index contributed by atoms with van der Waals surface area (Å²) >= 11 is 7.88. The van der Waals surface area contributed by atoms with Gasteiger partial charge in [-0.15, -0.1) is 0 Å². The van der Waals surface area contributed by atoms with E-state index < -0.39 is 11.6 Å². The zero-order valence-corrected chi connectivity index (χ0v) is 12.9. The highest BCUT2D eigenvalue weighted by Crippen LogP contribution is 2.28. The molecule has 0 amide bonds. The molecule has 0 aromatic heterocycles. The molecule has 6 heteroatoms. The zero-order chi connectivity index (χ0) is 14.9. The minimum absolute atomic E-state index is 0.0220. The average molecular weight is 357 g/mol. The number of rotatable bonds is 3. The first-order valence-corrected chi connectivity index (χ1v) is 6.90. The molecule has 0 aliphatic heterocycles. The SMILES string of the molecule is Cc1ccc(C(N)=S)c(Nc2cc(F)c(Br)cc2F)c1. The van der Waals surface area contributed by atoms with Gasteiger partial charge in [0.2, 0.25) is 0 Å². The number of nitrogens with two attached hydrogens (primary N) is 1. The second-order valence-corrected chi connectivity index (χ2v) is 5.58. The normalized spacial score (nSPS) is 10.4. The van der Waals surface area contributed by atoms with E-state index in [-0.39, 0.29) is 15.1 Å². The van der Waals surface area contributed by atoms with Crippen LogP contribution in [0.2, 0.25) is 0 Å². The second kappa shape index (κ2) is 5.85. The Kier molecular flexibility index (Phi) is 4.35. The lowest BCUT2D eigenvalue weighted by Crippen LogP contribution is -2.12. The van der Waals surface area contributed by atoms with Crippen molar-refractivity contribution >= 4 is 44.5 Å². The van der Waals surface area contributed by atoms with Gasteiger partial charge in [0.05, 0.1) is 10.2 Å². The molecule has 20 heavy (non-hydrogen) atoms. The monoisotopic (exact) mass is 356 g/mol. The summed E-state index contributed by atoms with van der Waals surface area (Å²) < 4.78 is 27.4. The maximum absolute atomic E-state index is 13.8. The van der Waals surface area contributed by atoms with Crippen LogP contribution in [0.3, 0.4) is 0 Å². The minimum atomic E-state index is -0.575. The first-order valence-electron chi connectivity index (χ1n) is 5.70. The molecule has 2 rings (SSSR count). The number of thiocarbonyl (C=S) groups is 1. The predicted octanol–water partition coefficient (Wildman–Crippen LogP) is 4.41. The molecule has 2 nitrogen and oxygen atoms in total.